The number of rotatable bonds is 7. The lowest BCUT2D eigenvalue weighted by atomic mass is 10.3. The Balaban J connectivity index is 2.10. The van der Waals surface area contributed by atoms with Gasteiger partial charge in [0.1, 0.15) is 16.3 Å². The van der Waals surface area contributed by atoms with Crippen LogP contribution in [-0.2, 0) is 23.0 Å². The number of hydrogen-bond acceptors (Lipinski definition) is 4. The van der Waals surface area contributed by atoms with Gasteiger partial charge in [0.05, 0.1) is 6.26 Å². The second kappa shape index (κ2) is 6.15. The summed E-state index contributed by atoms with van der Waals surface area (Å²) in [5.74, 6) is -0.482. The third kappa shape index (κ3) is 3.53. The van der Waals surface area contributed by atoms with Crippen LogP contribution >= 0.6 is 0 Å². The van der Waals surface area contributed by atoms with Crippen LogP contribution in [0.5, 0.6) is 0 Å². The molecule has 0 saturated carbocycles. The van der Waals surface area contributed by atoms with Crippen molar-refractivity contribution >= 4 is 16.0 Å². The Morgan fingerprint density at radius 2 is 2.24 bits per heavy atom. The molecule has 0 bridgehead atoms. The summed E-state index contributed by atoms with van der Waals surface area (Å²) in [6.07, 6.45) is 3.26. The summed E-state index contributed by atoms with van der Waals surface area (Å²) in [5.41, 5.74) is -0.0519. The molecule has 0 aromatic carbocycles. The standard InChI is InChI=1S/C13H16N2O5S/c1-2-15-9-11(8-12(15)13(16)17)21(18,19)14-6-5-10-4-3-7-20-10/h3-4,7-9,14H,2,5-6H2,1H3,(H,16,17). The van der Waals surface area contributed by atoms with E-state index in [1.807, 2.05) is 0 Å². The zero-order valence-corrected chi connectivity index (χ0v) is 12.3. The first-order chi connectivity index (χ1) is 9.94. The van der Waals surface area contributed by atoms with Gasteiger partial charge in [-0.3, -0.25) is 0 Å². The molecule has 114 valence electrons. The highest BCUT2D eigenvalue weighted by molar-refractivity contribution is 7.89. The molecule has 2 aromatic heterocycles. The molecule has 0 aliphatic carbocycles. The van der Waals surface area contributed by atoms with Gasteiger partial charge in [0, 0.05) is 25.7 Å². The summed E-state index contributed by atoms with van der Waals surface area (Å²) in [7, 11) is -3.73. The maximum absolute atomic E-state index is 12.1. The lowest BCUT2D eigenvalue weighted by molar-refractivity contribution is 0.0685. The molecule has 2 aromatic rings. The maximum Gasteiger partial charge on any atom is 0.352 e. The number of hydrogen-bond donors (Lipinski definition) is 2. The van der Waals surface area contributed by atoms with Crippen molar-refractivity contribution in [2.75, 3.05) is 6.54 Å². The van der Waals surface area contributed by atoms with Crippen LogP contribution in [0.1, 0.15) is 23.2 Å². The Hall–Kier alpha value is -2.06. The normalized spacial score (nSPS) is 11.7. The molecular formula is C13H16N2O5S. The molecule has 0 radical (unpaired) electrons. The zero-order valence-electron chi connectivity index (χ0n) is 11.4. The van der Waals surface area contributed by atoms with Crippen LogP contribution < -0.4 is 4.72 Å². The Labute approximate surface area is 122 Å². The molecule has 2 N–H and O–H groups in total. The predicted molar refractivity (Wildman–Crippen MR) is 74.7 cm³/mol. The van der Waals surface area contributed by atoms with Crippen molar-refractivity contribution in [2.24, 2.45) is 0 Å². The molecule has 0 amide bonds. The number of sulfonamides is 1. The fraction of sp³-hybridized carbons (Fsp3) is 0.308. The number of aromatic carboxylic acids is 1. The topological polar surface area (TPSA) is 102 Å². The van der Waals surface area contributed by atoms with Gasteiger partial charge >= 0.3 is 5.97 Å². The second-order valence-electron chi connectivity index (χ2n) is 4.38. The van der Waals surface area contributed by atoms with Crippen molar-refractivity contribution in [3.05, 3.63) is 42.1 Å². The van der Waals surface area contributed by atoms with E-state index in [4.69, 9.17) is 9.52 Å². The first kappa shape index (κ1) is 15.3. The molecule has 0 aliphatic heterocycles. The van der Waals surface area contributed by atoms with Gasteiger partial charge in [0.25, 0.3) is 0 Å². The van der Waals surface area contributed by atoms with Crippen LogP contribution in [0.25, 0.3) is 0 Å². The number of nitrogens with zero attached hydrogens (tertiary/aromatic N) is 1. The average molecular weight is 312 g/mol. The molecule has 0 saturated heterocycles. The van der Waals surface area contributed by atoms with Gasteiger partial charge in [0.2, 0.25) is 10.0 Å². The molecule has 8 heteroatoms. The van der Waals surface area contributed by atoms with Gasteiger partial charge in [-0.1, -0.05) is 0 Å². The Morgan fingerprint density at radius 3 is 2.76 bits per heavy atom. The molecule has 0 aliphatic rings. The lowest BCUT2D eigenvalue weighted by Gasteiger charge is -2.03. The summed E-state index contributed by atoms with van der Waals surface area (Å²) < 4.78 is 33.1. The first-order valence-corrected chi connectivity index (χ1v) is 7.88. The van der Waals surface area contributed by atoms with E-state index in [9.17, 15) is 13.2 Å². The fourth-order valence-corrected chi connectivity index (χ4v) is 2.99. The van der Waals surface area contributed by atoms with Crippen LogP contribution in [-0.4, -0.2) is 30.6 Å². The van der Waals surface area contributed by atoms with E-state index in [1.165, 1.54) is 17.0 Å². The monoisotopic (exact) mass is 312 g/mol. The minimum atomic E-state index is -3.73. The molecule has 2 rings (SSSR count). The highest BCUT2D eigenvalue weighted by Crippen LogP contribution is 2.14. The summed E-state index contributed by atoms with van der Waals surface area (Å²) in [5, 5.41) is 9.03. The Bertz CT molecular complexity index is 716. The van der Waals surface area contributed by atoms with Crippen LogP contribution in [0.15, 0.2) is 40.0 Å². The second-order valence-corrected chi connectivity index (χ2v) is 6.15. The van der Waals surface area contributed by atoms with Crippen LogP contribution in [0.4, 0.5) is 0 Å². The number of carboxylic acids is 1. The van der Waals surface area contributed by atoms with Crippen molar-refractivity contribution in [2.45, 2.75) is 24.8 Å². The highest BCUT2D eigenvalue weighted by atomic mass is 32.2. The van der Waals surface area contributed by atoms with Gasteiger partial charge in [-0.15, -0.1) is 0 Å². The Morgan fingerprint density at radius 1 is 1.48 bits per heavy atom. The van der Waals surface area contributed by atoms with Crippen LogP contribution in [0.3, 0.4) is 0 Å². The number of aromatic nitrogens is 1. The number of aryl methyl sites for hydroxylation is 1. The highest BCUT2D eigenvalue weighted by Gasteiger charge is 2.20. The maximum atomic E-state index is 12.1. The van der Waals surface area contributed by atoms with E-state index in [2.05, 4.69) is 4.72 Å². The molecule has 7 nitrogen and oxygen atoms in total. The van der Waals surface area contributed by atoms with Gasteiger partial charge in [0.15, 0.2) is 0 Å². The molecule has 0 spiro atoms. The summed E-state index contributed by atoms with van der Waals surface area (Å²) >= 11 is 0. The minimum absolute atomic E-state index is 0.0519. The van der Waals surface area contributed by atoms with E-state index in [-0.39, 0.29) is 17.1 Å². The van der Waals surface area contributed by atoms with Crippen molar-refractivity contribution in [1.29, 1.82) is 0 Å². The summed E-state index contributed by atoms with van der Waals surface area (Å²) in [6.45, 7) is 2.30. The fourth-order valence-electron chi connectivity index (χ4n) is 1.92. The third-order valence-corrected chi connectivity index (χ3v) is 4.41. The number of nitrogens with one attached hydrogen (secondary N) is 1. The van der Waals surface area contributed by atoms with Crippen LogP contribution in [0, 0.1) is 0 Å². The third-order valence-electron chi connectivity index (χ3n) is 2.99. The van der Waals surface area contributed by atoms with Crippen molar-refractivity contribution < 1.29 is 22.7 Å². The SMILES string of the molecule is CCn1cc(S(=O)(=O)NCCc2ccco2)cc1C(=O)O. The minimum Gasteiger partial charge on any atom is -0.477 e. The van der Waals surface area contributed by atoms with Crippen molar-refractivity contribution in [3.8, 4) is 0 Å². The van der Waals surface area contributed by atoms with E-state index in [1.54, 1.807) is 19.1 Å². The number of furan rings is 1. The van der Waals surface area contributed by atoms with Crippen molar-refractivity contribution in [3.63, 3.8) is 0 Å². The quantitative estimate of drug-likeness (QED) is 0.803. The number of carboxylic acid groups (broad SMARTS) is 1. The van der Waals surface area contributed by atoms with E-state index >= 15 is 0 Å². The molecule has 21 heavy (non-hydrogen) atoms. The summed E-state index contributed by atoms with van der Waals surface area (Å²) in [4.78, 5) is 11.0. The van der Waals surface area contributed by atoms with Gasteiger partial charge in [-0.05, 0) is 25.1 Å². The van der Waals surface area contributed by atoms with Gasteiger partial charge in [-0.25, -0.2) is 17.9 Å². The largest absolute Gasteiger partial charge is 0.477 e. The molecule has 0 fully saturated rings. The summed E-state index contributed by atoms with van der Waals surface area (Å²) in [6, 6.07) is 4.63. The number of carbonyl (C=O) groups is 1. The predicted octanol–water partition coefficient (Wildman–Crippen LogP) is 1.32. The smallest absolute Gasteiger partial charge is 0.352 e. The molecule has 2 heterocycles. The molecule has 0 unspecified atom stereocenters. The molecule has 0 atom stereocenters. The first-order valence-electron chi connectivity index (χ1n) is 6.39. The van der Waals surface area contributed by atoms with Crippen molar-refractivity contribution in [1.82, 2.24) is 9.29 Å². The average Bonchev–Trinajstić information content (AvgIpc) is 3.07. The van der Waals surface area contributed by atoms with Gasteiger partial charge < -0.3 is 14.1 Å². The van der Waals surface area contributed by atoms with Gasteiger partial charge in [-0.2, -0.15) is 0 Å². The van der Waals surface area contributed by atoms with E-state index in [0.717, 1.165) is 6.07 Å². The molecular weight excluding hydrogens is 296 g/mol. The van der Waals surface area contributed by atoms with Crippen LogP contribution in [0.2, 0.25) is 0 Å². The lowest BCUT2D eigenvalue weighted by Crippen LogP contribution is -2.25. The Kier molecular flexibility index (Phi) is 4.49. The van der Waals surface area contributed by atoms with E-state index < -0.39 is 16.0 Å². The zero-order chi connectivity index (χ0) is 15.5. The van der Waals surface area contributed by atoms with E-state index in [0.29, 0.717) is 18.7 Å².